The fraction of sp³-hybridized carbons (Fsp3) is 0.143. The normalized spacial score (nSPS) is 10.0. The molecule has 1 aromatic heterocycles. The molecule has 4 nitrogen and oxygen atoms in total. The van der Waals surface area contributed by atoms with Gasteiger partial charge in [-0.3, -0.25) is 4.79 Å². The third kappa shape index (κ3) is 3.51. The van der Waals surface area contributed by atoms with Crippen LogP contribution in [0.3, 0.4) is 0 Å². The Morgan fingerprint density at radius 3 is 2.84 bits per heavy atom. The van der Waals surface area contributed by atoms with Gasteiger partial charge in [0.15, 0.2) is 11.6 Å². The first kappa shape index (κ1) is 13.0. The summed E-state index contributed by atoms with van der Waals surface area (Å²) in [5.41, 5.74) is 0.576. The second-order valence-electron chi connectivity index (χ2n) is 3.91. The molecule has 0 saturated carbocycles. The Morgan fingerprint density at radius 2 is 2.21 bits per heavy atom. The number of hydrogen-bond donors (Lipinski definition) is 1. The largest absolute Gasteiger partial charge is 0.494 e. The number of nitrogens with one attached hydrogen (secondary N) is 1. The van der Waals surface area contributed by atoms with Gasteiger partial charge in [-0.05, 0) is 29.8 Å². The molecule has 0 aliphatic carbocycles. The molecule has 1 N–H and O–H groups in total. The van der Waals surface area contributed by atoms with E-state index in [2.05, 4.69) is 10.3 Å². The van der Waals surface area contributed by atoms with Gasteiger partial charge in [-0.1, -0.05) is 12.1 Å². The molecule has 0 saturated heterocycles. The number of carbonyl (C=O) groups is 1. The first-order valence-electron chi connectivity index (χ1n) is 5.72. The molecule has 98 valence electrons. The van der Waals surface area contributed by atoms with Crippen LogP contribution >= 0.6 is 0 Å². The number of halogens is 1. The zero-order chi connectivity index (χ0) is 13.7. The number of anilines is 1. The fourth-order valence-electron chi connectivity index (χ4n) is 1.63. The van der Waals surface area contributed by atoms with E-state index in [0.29, 0.717) is 11.4 Å². The van der Waals surface area contributed by atoms with Crippen LogP contribution in [0, 0.1) is 5.82 Å². The van der Waals surface area contributed by atoms with E-state index in [1.807, 2.05) is 0 Å². The number of methoxy groups -OCH3 is 1. The van der Waals surface area contributed by atoms with Gasteiger partial charge in [0.25, 0.3) is 0 Å². The van der Waals surface area contributed by atoms with E-state index in [9.17, 15) is 9.18 Å². The molecule has 1 amide bonds. The van der Waals surface area contributed by atoms with Crippen LogP contribution in [0.2, 0.25) is 0 Å². The molecule has 5 heteroatoms. The molecule has 0 aliphatic heterocycles. The average Bonchev–Trinajstić information content (AvgIpc) is 2.40. The Morgan fingerprint density at radius 1 is 1.37 bits per heavy atom. The third-order valence-electron chi connectivity index (χ3n) is 2.51. The summed E-state index contributed by atoms with van der Waals surface area (Å²) in [5.74, 6) is -0.0933. The Kier molecular flexibility index (Phi) is 4.07. The zero-order valence-corrected chi connectivity index (χ0v) is 10.4. The quantitative estimate of drug-likeness (QED) is 0.918. The number of rotatable bonds is 4. The van der Waals surface area contributed by atoms with Gasteiger partial charge >= 0.3 is 0 Å². The highest BCUT2D eigenvalue weighted by atomic mass is 19.1. The number of amides is 1. The molecule has 0 fully saturated rings. The maximum atomic E-state index is 13.5. The fourth-order valence-corrected chi connectivity index (χ4v) is 1.63. The SMILES string of the molecule is COc1ccc(CC(=O)Nc2ccccn2)cc1F. The first-order chi connectivity index (χ1) is 9.19. The van der Waals surface area contributed by atoms with Crippen molar-refractivity contribution in [1.29, 1.82) is 0 Å². The van der Waals surface area contributed by atoms with Gasteiger partial charge in [-0.2, -0.15) is 0 Å². The van der Waals surface area contributed by atoms with E-state index in [4.69, 9.17) is 4.74 Å². The first-order valence-corrected chi connectivity index (χ1v) is 5.72. The van der Waals surface area contributed by atoms with Gasteiger partial charge in [0.1, 0.15) is 5.82 Å². The van der Waals surface area contributed by atoms with Gasteiger partial charge in [0.2, 0.25) is 5.91 Å². The number of pyridine rings is 1. The number of nitrogens with zero attached hydrogens (tertiary/aromatic N) is 1. The lowest BCUT2D eigenvalue weighted by molar-refractivity contribution is -0.115. The molecule has 0 spiro atoms. The maximum Gasteiger partial charge on any atom is 0.229 e. The van der Waals surface area contributed by atoms with Crippen LogP contribution in [-0.4, -0.2) is 18.0 Å². The molecule has 0 bridgehead atoms. The second-order valence-corrected chi connectivity index (χ2v) is 3.91. The highest BCUT2D eigenvalue weighted by Gasteiger charge is 2.08. The molecule has 0 radical (unpaired) electrons. The summed E-state index contributed by atoms with van der Waals surface area (Å²) in [6.07, 6.45) is 1.67. The molecule has 0 unspecified atom stereocenters. The lowest BCUT2D eigenvalue weighted by atomic mass is 10.1. The van der Waals surface area contributed by atoms with E-state index < -0.39 is 5.82 Å². The Hall–Kier alpha value is -2.43. The van der Waals surface area contributed by atoms with Crippen molar-refractivity contribution >= 4 is 11.7 Å². The minimum absolute atomic E-state index is 0.0808. The van der Waals surface area contributed by atoms with E-state index in [-0.39, 0.29) is 18.1 Å². The zero-order valence-electron chi connectivity index (χ0n) is 10.4. The molecular weight excluding hydrogens is 247 g/mol. The van der Waals surface area contributed by atoms with Crippen molar-refractivity contribution in [2.75, 3.05) is 12.4 Å². The summed E-state index contributed by atoms with van der Waals surface area (Å²) in [4.78, 5) is 15.7. The van der Waals surface area contributed by atoms with Gasteiger partial charge in [0, 0.05) is 6.20 Å². The molecule has 19 heavy (non-hydrogen) atoms. The Balaban J connectivity index is 2.01. The van der Waals surface area contributed by atoms with Crippen LogP contribution in [0.25, 0.3) is 0 Å². The van der Waals surface area contributed by atoms with Gasteiger partial charge in [-0.15, -0.1) is 0 Å². The minimum atomic E-state index is -0.481. The van der Waals surface area contributed by atoms with Gasteiger partial charge in [-0.25, -0.2) is 9.37 Å². The molecular formula is C14H13FN2O2. The summed E-state index contributed by atoms with van der Waals surface area (Å²) < 4.78 is 18.3. The van der Waals surface area contributed by atoms with Crippen molar-refractivity contribution in [3.63, 3.8) is 0 Å². The van der Waals surface area contributed by atoms with Crippen LogP contribution in [0.15, 0.2) is 42.6 Å². The van der Waals surface area contributed by atoms with Crippen molar-refractivity contribution in [2.45, 2.75) is 6.42 Å². The predicted octanol–water partition coefficient (Wildman–Crippen LogP) is 2.41. The van der Waals surface area contributed by atoms with Crippen molar-refractivity contribution in [3.05, 3.63) is 54.0 Å². The second kappa shape index (κ2) is 5.95. The van der Waals surface area contributed by atoms with Crippen molar-refractivity contribution < 1.29 is 13.9 Å². The summed E-state index contributed by atoms with van der Waals surface area (Å²) in [6, 6.07) is 9.66. The molecule has 2 rings (SSSR count). The number of carbonyl (C=O) groups excluding carboxylic acids is 1. The number of aromatic nitrogens is 1. The van der Waals surface area contributed by atoms with Crippen LogP contribution in [-0.2, 0) is 11.2 Å². The summed E-state index contributed by atoms with van der Waals surface area (Å²) in [6.45, 7) is 0. The Bertz CT molecular complexity index is 573. The highest BCUT2D eigenvalue weighted by Crippen LogP contribution is 2.18. The van der Waals surface area contributed by atoms with E-state index in [0.717, 1.165) is 0 Å². The standard InChI is InChI=1S/C14H13FN2O2/c1-19-12-6-5-10(8-11(12)15)9-14(18)17-13-4-2-3-7-16-13/h2-8H,9H2,1H3,(H,16,17,18). The van der Waals surface area contributed by atoms with Crippen LogP contribution in [0.5, 0.6) is 5.75 Å². The van der Waals surface area contributed by atoms with E-state index >= 15 is 0 Å². The van der Waals surface area contributed by atoms with E-state index in [1.165, 1.54) is 19.2 Å². The Labute approximate surface area is 110 Å². The maximum absolute atomic E-state index is 13.5. The van der Waals surface area contributed by atoms with Gasteiger partial charge in [0.05, 0.1) is 13.5 Å². The summed E-state index contributed by atoms with van der Waals surface area (Å²) in [5, 5.41) is 2.63. The minimum Gasteiger partial charge on any atom is -0.494 e. The molecule has 0 atom stereocenters. The highest BCUT2D eigenvalue weighted by molar-refractivity contribution is 5.91. The van der Waals surface area contributed by atoms with Crippen LogP contribution in [0.4, 0.5) is 10.2 Å². The topological polar surface area (TPSA) is 51.2 Å². The summed E-state index contributed by atoms with van der Waals surface area (Å²) >= 11 is 0. The van der Waals surface area contributed by atoms with Crippen LogP contribution < -0.4 is 10.1 Å². The third-order valence-corrected chi connectivity index (χ3v) is 2.51. The van der Waals surface area contributed by atoms with E-state index in [1.54, 1.807) is 30.5 Å². The van der Waals surface area contributed by atoms with Crippen LogP contribution in [0.1, 0.15) is 5.56 Å². The van der Waals surface area contributed by atoms with Crippen molar-refractivity contribution in [2.24, 2.45) is 0 Å². The van der Waals surface area contributed by atoms with Gasteiger partial charge < -0.3 is 10.1 Å². The predicted molar refractivity (Wildman–Crippen MR) is 69.5 cm³/mol. The van der Waals surface area contributed by atoms with Crippen molar-refractivity contribution in [1.82, 2.24) is 4.98 Å². The van der Waals surface area contributed by atoms with Crippen molar-refractivity contribution in [3.8, 4) is 5.75 Å². The number of hydrogen-bond acceptors (Lipinski definition) is 3. The molecule has 2 aromatic rings. The smallest absolute Gasteiger partial charge is 0.229 e. The molecule has 1 heterocycles. The lowest BCUT2D eigenvalue weighted by Gasteiger charge is -2.06. The monoisotopic (exact) mass is 260 g/mol. The number of benzene rings is 1. The lowest BCUT2D eigenvalue weighted by Crippen LogP contribution is -2.15. The average molecular weight is 260 g/mol. The molecule has 1 aromatic carbocycles. The number of ether oxygens (including phenoxy) is 1. The molecule has 0 aliphatic rings. The summed E-state index contributed by atoms with van der Waals surface area (Å²) in [7, 11) is 1.39.